The number of carbonyl (C=O) groups excluding carboxylic acids is 2. The molecule has 1 N–H and O–H groups in total. The molecule has 0 fully saturated rings. The van der Waals surface area contributed by atoms with Crippen LogP contribution in [0.5, 0.6) is 5.75 Å². The standard InChI is InChI=1S/C16H14N2O3/c19-9-3-5-12-4-1-2-6-15(12)18-17-14-7-8-16(21)13(10-14)11-20/h1-2,4,6-11,21H,3,5H2. The number of phenolic OH excluding ortho intramolecular Hbond substituents is 1. The van der Waals surface area contributed by atoms with Crippen LogP contribution in [0.15, 0.2) is 52.7 Å². The van der Waals surface area contributed by atoms with Crippen molar-refractivity contribution in [3.63, 3.8) is 0 Å². The third kappa shape index (κ3) is 3.82. The van der Waals surface area contributed by atoms with E-state index in [4.69, 9.17) is 0 Å². The number of hydrogen-bond donors (Lipinski definition) is 1. The van der Waals surface area contributed by atoms with Gasteiger partial charge in [-0.1, -0.05) is 18.2 Å². The van der Waals surface area contributed by atoms with Crippen LogP contribution in [0.1, 0.15) is 22.3 Å². The normalized spacial score (nSPS) is 10.7. The van der Waals surface area contributed by atoms with Gasteiger partial charge in [-0.15, -0.1) is 0 Å². The Morgan fingerprint density at radius 1 is 1.05 bits per heavy atom. The Morgan fingerprint density at radius 2 is 1.86 bits per heavy atom. The molecular weight excluding hydrogens is 268 g/mol. The second-order valence-corrected chi connectivity index (χ2v) is 4.40. The number of aryl methyl sites for hydroxylation is 1. The van der Waals surface area contributed by atoms with Crippen molar-refractivity contribution in [2.75, 3.05) is 0 Å². The summed E-state index contributed by atoms with van der Waals surface area (Å²) in [6, 6.07) is 11.9. The first kappa shape index (κ1) is 14.6. The van der Waals surface area contributed by atoms with Crippen LogP contribution < -0.4 is 0 Å². The van der Waals surface area contributed by atoms with E-state index in [2.05, 4.69) is 10.2 Å². The highest BCUT2D eigenvalue weighted by Crippen LogP contribution is 2.26. The molecule has 0 amide bonds. The number of phenols is 1. The smallest absolute Gasteiger partial charge is 0.153 e. The van der Waals surface area contributed by atoms with Crippen LogP contribution >= 0.6 is 0 Å². The molecular formula is C16H14N2O3. The summed E-state index contributed by atoms with van der Waals surface area (Å²) in [7, 11) is 0. The SMILES string of the molecule is O=CCCc1ccccc1N=Nc1ccc(O)c(C=O)c1. The highest BCUT2D eigenvalue weighted by Gasteiger charge is 2.02. The van der Waals surface area contributed by atoms with Crippen LogP contribution in [0.25, 0.3) is 0 Å². The lowest BCUT2D eigenvalue weighted by Gasteiger charge is -2.02. The predicted octanol–water partition coefficient (Wildman–Crippen LogP) is 3.75. The zero-order chi connectivity index (χ0) is 15.1. The van der Waals surface area contributed by atoms with Crippen LogP contribution in [-0.4, -0.2) is 17.7 Å². The molecule has 5 nitrogen and oxygen atoms in total. The van der Waals surface area contributed by atoms with Crippen molar-refractivity contribution in [2.45, 2.75) is 12.8 Å². The van der Waals surface area contributed by atoms with E-state index >= 15 is 0 Å². The van der Waals surface area contributed by atoms with Gasteiger partial charge in [0.15, 0.2) is 6.29 Å². The topological polar surface area (TPSA) is 79.1 Å². The fraction of sp³-hybridized carbons (Fsp3) is 0.125. The summed E-state index contributed by atoms with van der Waals surface area (Å²) in [4.78, 5) is 21.2. The second kappa shape index (κ2) is 7.09. The lowest BCUT2D eigenvalue weighted by molar-refractivity contribution is -0.107. The quantitative estimate of drug-likeness (QED) is 0.647. The Labute approximate surface area is 122 Å². The molecule has 2 rings (SSSR count). The highest BCUT2D eigenvalue weighted by atomic mass is 16.3. The van der Waals surface area contributed by atoms with Gasteiger partial charge in [-0.05, 0) is 36.2 Å². The minimum atomic E-state index is -0.0877. The fourth-order valence-electron chi connectivity index (χ4n) is 1.84. The number of aldehydes is 2. The molecule has 2 aromatic carbocycles. The summed E-state index contributed by atoms with van der Waals surface area (Å²) >= 11 is 0. The van der Waals surface area contributed by atoms with Gasteiger partial charge < -0.3 is 9.90 Å². The Hall–Kier alpha value is -2.82. The first-order valence-electron chi connectivity index (χ1n) is 6.46. The van der Waals surface area contributed by atoms with Gasteiger partial charge >= 0.3 is 0 Å². The van der Waals surface area contributed by atoms with E-state index in [1.807, 2.05) is 24.3 Å². The average molecular weight is 282 g/mol. The molecule has 0 atom stereocenters. The summed E-state index contributed by atoms with van der Waals surface area (Å²) < 4.78 is 0. The first-order chi connectivity index (χ1) is 10.2. The molecule has 0 radical (unpaired) electrons. The van der Waals surface area contributed by atoms with Gasteiger partial charge in [0.25, 0.3) is 0 Å². The minimum Gasteiger partial charge on any atom is -0.507 e. The van der Waals surface area contributed by atoms with Gasteiger partial charge in [0, 0.05) is 6.42 Å². The van der Waals surface area contributed by atoms with E-state index < -0.39 is 0 Å². The van der Waals surface area contributed by atoms with E-state index in [1.165, 1.54) is 12.1 Å². The maximum atomic E-state index is 10.8. The number of hydrogen-bond acceptors (Lipinski definition) is 5. The molecule has 21 heavy (non-hydrogen) atoms. The molecule has 0 heterocycles. The van der Waals surface area contributed by atoms with Crippen LogP contribution in [-0.2, 0) is 11.2 Å². The number of nitrogens with zero attached hydrogens (tertiary/aromatic N) is 2. The van der Waals surface area contributed by atoms with E-state index in [0.717, 1.165) is 11.8 Å². The Morgan fingerprint density at radius 3 is 2.62 bits per heavy atom. The lowest BCUT2D eigenvalue weighted by Crippen LogP contribution is -1.86. The number of carbonyl (C=O) groups is 2. The van der Waals surface area contributed by atoms with Crippen molar-refractivity contribution < 1.29 is 14.7 Å². The van der Waals surface area contributed by atoms with Gasteiger partial charge in [-0.2, -0.15) is 10.2 Å². The van der Waals surface area contributed by atoms with Crippen LogP contribution in [0.3, 0.4) is 0 Å². The number of rotatable bonds is 6. The van der Waals surface area contributed by atoms with Crippen LogP contribution in [0.2, 0.25) is 0 Å². The number of aromatic hydroxyl groups is 1. The van der Waals surface area contributed by atoms with Crippen LogP contribution in [0, 0.1) is 0 Å². The van der Waals surface area contributed by atoms with Gasteiger partial charge in [-0.25, -0.2) is 0 Å². The van der Waals surface area contributed by atoms with E-state index in [0.29, 0.717) is 30.5 Å². The summed E-state index contributed by atoms with van der Waals surface area (Å²) in [5, 5.41) is 17.6. The van der Waals surface area contributed by atoms with Crippen molar-refractivity contribution in [1.29, 1.82) is 0 Å². The molecule has 0 saturated carbocycles. The average Bonchev–Trinajstić information content (AvgIpc) is 2.53. The molecule has 0 bridgehead atoms. The van der Waals surface area contributed by atoms with Gasteiger partial charge in [0.05, 0.1) is 16.9 Å². The molecule has 0 aromatic heterocycles. The molecule has 5 heteroatoms. The summed E-state index contributed by atoms with van der Waals surface area (Å²) in [6.45, 7) is 0. The summed E-state index contributed by atoms with van der Waals surface area (Å²) in [5.74, 6) is -0.0877. The molecule has 0 saturated heterocycles. The maximum Gasteiger partial charge on any atom is 0.153 e. The number of benzene rings is 2. The van der Waals surface area contributed by atoms with Crippen molar-refractivity contribution in [3.05, 3.63) is 53.6 Å². The molecule has 0 unspecified atom stereocenters. The lowest BCUT2D eigenvalue weighted by atomic mass is 10.1. The molecule has 0 aliphatic rings. The summed E-state index contributed by atoms with van der Waals surface area (Å²) in [6.07, 6.45) is 2.46. The predicted molar refractivity (Wildman–Crippen MR) is 78.5 cm³/mol. The zero-order valence-corrected chi connectivity index (χ0v) is 11.3. The first-order valence-corrected chi connectivity index (χ1v) is 6.46. The van der Waals surface area contributed by atoms with Gasteiger partial charge in [0.2, 0.25) is 0 Å². The fourth-order valence-corrected chi connectivity index (χ4v) is 1.84. The highest BCUT2D eigenvalue weighted by molar-refractivity contribution is 5.80. The monoisotopic (exact) mass is 282 g/mol. The maximum absolute atomic E-state index is 10.8. The molecule has 0 aliphatic carbocycles. The summed E-state index contributed by atoms with van der Waals surface area (Å²) in [5.41, 5.74) is 2.25. The van der Waals surface area contributed by atoms with E-state index in [-0.39, 0.29) is 11.3 Å². The minimum absolute atomic E-state index is 0.0877. The Bertz CT molecular complexity index is 681. The number of azo groups is 1. The zero-order valence-electron chi connectivity index (χ0n) is 11.3. The Kier molecular flexibility index (Phi) is 4.93. The van der Waals surface area contributed by atoms with Crippen molar-refractivity contribution in [3.8, 4) is 5.75 Å². The van der Waals surface area contributed by atoms with Gasteiger partial charge in [0.1, 0.15) is 12.0 Å². The van der Waals surface area contributed by atoms with E-state index in [1.54, 1.807) is 6.07 Å². The van der Waals surface area contributed by atoms with Crippen LogP contribution in [0.4, 0.5) is 11.4 Å². The second-order valence-electron chi connectivity index (χ2n) is 4.40. The van der Waals surface area contributed by atoms with Crippen molar-refractivity contribution >= 4 is 23.9 Å². The van der Waals surface area contributed by atoms with Crippen molar-refractivity contribution in [1.82, 2.24) is 0 Å². The van der Waals surface area contributed by atoms with Gasteiger partial charge in [-0.3, -0.25) is 4.79 Å². The third-order valence-corrected chi connectivity index (χ3v) is 2.93. The molecule has 2 aromatic rings. The third-order valence-electron chi connectivity index (χ3n) is 2.93. The molecule has 0 spiro atoms. The molecule has 0 aliphatic heterocycles. The molecule has 106 valence electrons. The Balaban J connectivity index is 2.25. The largest absolute Gasteiger partial charge is 0.507 e. The van der Waals surface area contributed by atoms with E-state index in [9.17, 15) is 14.7 Å². The van der Waals surface area contributed by atoms with Crippen molar-refractivity contribution in [2.24, 2.45) is 10.2 Å².